The van der Waals surface area contributed by atoms with E-state index in [-0.39, 0.29) is 17.8 Å². The molecule has 0 aliphatic rings. The normalized spacial score (nSPS) is 11.8. The summed E-state index contributed by atoms with van der Waals surface area (Å²) in [6.45, 7) is 12.2. The molecule has 1 aromatic heterocycles. The Bertz CT molecular complexity index is 1130. The Hall–Kier alpha value is -2.77. The van der Waals surface area contributed by atoms with Crippen LogP contribution in [0.1, 0.15) is 35.5 Å². The minimum absolute atomic E-state index is 0.103. The minimum atomic E-state index is -0.389. The van der Waals surface area contributed by atoms with Gasteiger partial charge in [-0.2, -0.15) is 0 Å². The van der Waals surface area contributed by atoms with Crippen LogP contribution in [0.2, 0.25) is 5.02 Å². The highest BCUT2D eigenvalue weighted by molar-refractivity contribution is 7.99. The van der Waals surface area contributed by atoms with Crippen molar-refractivity contribution in [2.24, 2.45) is 0 Å². The van der Waals surface area contributed by atoms with Crippen LogP contribution in [-0.2, 0) is 11.3 Å². The van der Waals surface area contributed by atoms with Crippen LogP contribution in [-0.4, -0.2) is 26.4 Å². The monoisotopic (exact) mass is 470 g/mol. The predicted octanol–water partition coefficient (Wildman–Crippen LogP) is 5.91. The van der Waals surface area contributed by atoms with Crippen molar-refractivity contribution >= 4 is 35.0 Å². The summed E-state index contributed by atoms with van der Waals surface area (Å²) in [7, 11) is 0. The van der Waals surface area contributed by atoms with Crippen LogP contribution in [0.4, 0.5) is 5.69 Å². The smallest absolute Gasteiger partial charge is 0.234 e. The number of hydrogen-bond acceptors (Lipinski definition) is 5. The summed E-state index contributed by atoms with van der Waals surface area (Å²) in [5, 5.41) is 12.7. The first-order valence-corrected chi connectivity index (χ1v) is 11.6. The lowest BCUT2D eigenvalue weighted by molar-refractivity contribution is -0.113. The second-order valence-corrected chi connectivity index (χ2v) is 8.94. The van der Waals surface area contributed by atoms with Gasteiger partial charge in [-0.15, -0.1) is 16.8 Å². The largest absolute Gasteiger partial charge is 0.481 e. The maximum absolute atomic E-state index is 12.5. The van der Waals surface area contributed by atoms with Gasteiger partial charge in [-0.1, -0.05) is 47.6 Å². The molecule has 0 spiro atoms. The van der Waals surface area contributed by atoms with E-state index < -0.39 is 0 Å². The summed E-state index contributed by atoms with van der Waals surface area (Å²) in [6.07, 6.45) is 1.37. The van der Waals surface area contributed by atoms with Crippen molar-refractivity contribution in [1.29, 1.82) is 0 Å². The van der Waals surface area contributed by atoms with Gasteiger partial charge in [-0.05, 0) is 62.6 Å². The van der Waals surface area contributed by atoms with Gasteiger partial charge in [-0.3, -0.25) is 9.36 Å². The Morgan fingerprint density at radius 2 is 1.94 bits per heavy atom. The molecule has 0 aliphatic heterocycles. The molecule has 1 unspecified atom stereocenters. The van der Waals surface area contributed by atoms with Gasteiger partial charge in [0, 0.05) is 12.2 Å². The van der Waals surface area contributed by atoms with E-state index in [1.54, 1.807) is 6.08 Å². The van der Waals surface area contributed by atoms with Crippen LogP contribution >= 0.6 is 23.4 Å². The highest BCUT2D eigenvalue weighted by atomic mass is 35.5. The van der Waals surface area contributed by atoms with E-state index in [4.69, 9.17) is 16.3 Å². The van der Waals surface area contributed by atoms with Gasteiger partial charge in [0.25, 0.3) is 0 Å². The third kappa shape index (κ3) is 5.93. The Labute approximate surface area is 198 Å². The fourth-order valence-corrected chi connectivity index (χ4v) is 4.06. The zero-order valence-corrected chi connectivity index (χ0v) is 20.3. The van der Waals surface area contributed by atoms with Crippen molar-refractivity contribution in [1.82, 2.24) is 14.8 Å². The van der Waals surface area contributed by atoms with E-state index in [2.05, 4.69) is 22.1 Å². The second-order valence-electron chi connectivity index (χ2n) is 7.59. The third-order valence-electron chi connectivity index (χ3n) is 4.81. The molecule has 0 saturated carbocycles. The van der Waals surface area contributed by atoms with E-state index in [0.29, 0.717) is 28.3 Å². The number of aromatic nitrogens is 3. The SMILES string of the molecule is C=CCn1c(SCC(=O)Nc2cc(C)ccc2C)nnc1C(C)Oc1cc(C)ccc1Cl. The average molecular weight is 471 g/mol. The number of allylic oxidation sites excluding steroid dienone is 1. The lowest BCUT2D eigenvalue weighted by Crippen LogP contribution is -2.16. The van der Waals surface area contributed by atoms with Gasteiger partial charge in [0.1, 0.15) is 5.75 Å². The number of aryl methyl sites for hydroxylation is 3. The molecule has 3 rings (SSSR count). The quantitative estimate of drug-likeness (QED) is 0.311. The molecule has 3 aromatic rings. The molecule has 168 valence electrons. The second kappa shape index (κ2) is 10.7. The molecule has 0 aliphatic carbocycles. The fourth-order valence-electron chi connectivity index (χ4n) is 3.14. The maximum Gasteiger partial charge on any atom is 0.234 e. The summed E-state index contributed by atoms with van der Waals surface area (Å²) >= 11 is 7.60. The number of halogens is 1. The lowest BCUT2D eigenvalue weighted by Gasteiger charge is -2.17. The van der Waals surface area contributed by atoms with Crippen molar-refractivity contribution in [2.75, 3.05) is 11.1 Å². The van der Waals surface area contributed by atoms with Gasteiger partial charge in [0.15, 0.2) is 17.1 Å². The highest BCUT2D eigenvalue weighted by Crippen LogP contribution is 2.30. The number of benzene rings is 2. The third-order valence-corrected chi connectivity index (χ3v) is 6.09. The van der Waals surface area contributed by atoms with Crippen LogP contribution in [0.5, 0.6) is 5.75 Å². The molecule has 1 atom stereocenters. The number of rotatable bonds is 9. The van der Waals surface area contributed by atoms with E-state index in [0.717, 1.165) is 22.4 Å². The molecule has 1 amide bonds. The van der Waals surface area contributed by atoms with Crippen LogP contribution in [0.15, 0.2) is 54.2 Å². The topological polar surface area (TPSA) is 69.0 Å². The van der Waals surface area contributed by atoms with E-state index in [9.17, 15) is 4.79 Å². The maximum atomic E-state index is 12.5. The van der Waals surface area contributed by atoms with Crippen LogP contribution < -0.4 is 10.1 Å². The van der Waals surface area contributed by atoms with E-state index >= 15 is 0 Å². The summed E-state index contributed by atoms with van der Waals surface area (Å²) in [5.41, 5.74) is 3.99. The minimum Gasteiger partial charge on any atom is -0.481 e. The zero-order chi connectivity index (χ0) is 23.3. The summed E-state index contributed by atoms with van der Waals surface area (Å²) in [4.78, 5) is 12.5. The zero-order valence-electron chi connectivity index (χ0n) is 18.7. The van der Waals surface area contributed by atoms with Gasteiger partial charge in [-0.25, -0.2) is 0 Å². The number of amides is 1. The number of nitrogens with zero attached hydrogens (tertiary/aromatic N) is 3. The Morgan fingerprint density at radius 1 is 1.22 bits per heavy atom. The standard InChI is InChI=1S/C24H27ClN4O2S/c1-6-11-29-23(18(5)31-21-13-16(3)8-10-19(21)25)27-28-24(29)32-14-22(30)26-20-12-15(2)7-9-17(20)4/h6-10,12-13,18H,1,11,14H2,2-5H3,(H,26,30). The fraction of sp³-hybridized carbons (Fsp3) is 0.292. The van der Waals surface area contributed by atoms with Crippen molar-refractivity contribution < 1.29 is 9.53 Å². The Morgan fingerprint density at radius 3 is 2.69 bits per heavy atom. The number of nitrogens with one attached hydrogen (secondary N) is 1. The van der Waals surface area contributed by atoms with Crippen molar-refractivity contribution in [2.45, 2.75) is 45.5 Å². The van der Waals surface area contributed by atoms with Gasteiger partial charge in [0.2, 0.25) is 5.91 Å². The Balaban J connectivity index is 1.71. The first-order valence-electron chi connectivity index (χ1n) is 10.2. The van der Waals surface area contributed by atoms with Gasteiger partial charge in [0.05, 0.1) is 10.8 Å². The van der Waals surface area contributed by atoms with Gasteiger partial charge < -0.3 is 10.1 Å². The molecule has 1 heterocycles. The molecule has 6 nitrogen and oxygen atoms in total. The molecule has 32 heavy (non-hydrogen) atoms. The van der Waals surface area contributed by atoms with E-state index in [1.807, 2.05) is 68.7 Å². The molecular weight excluding hydrogens is 444 g/mol. The summed E-state index contributed by atoms with van der Waals surface area (Å²) < 4.78 is 7.96. The number of thioether (sulfide) groups is 1. The number of anilines is 1. The van der Waals surface area contributed by atoms with Crippen LogP contribution in [0, 0.1) is 20.8 Å². The highest BCUT2D eigenvalue weighted by Gasteiger charge is 2.20. The summed E-state index contributed by atoms with van der Waals surface area (Å²) in [5.74, 6) is 1.34. The lowest BCUT2D eigenvalue weighted by atomic mass is 10.1. The predicted molar refractivity (Wildman–Crippen MR) is 131 cm³/mol. The van der Waals surface area contributed by atoms with Crippen molar-refractivity contribution in [3.8, 4) is 5.75 Å². The molecular formula is C24H27ClN4O2S. The molecule has 1 N–H and O–H groups in total. The van der Waals surface area contributed by atoms with Crippen molar-refractivity contribution in [3.63, 3.8) is 0 Å². The average Bonchev–Trinajstić information content (AvgIpc) is 3.15. The van der Waals surface area contributed by atoms with Crippen LogP contribution in [0.25, 0.3) is 0 Å². The molecule has 0 radical (unpaired) electrons. The number of carbonyl (C=O) groups is 1. The first kappa shape index (κ1) is 23.9. The number of carbonyl (C=O) groups excluding carboxylic acids is 1. The van der Waals surface area contributed by atoms with Crippen LogP contribution in [0.3, 0.4) is 0 Å². The number of hydrogen-bond donors (Lipinski definition) is 1. The number of ether oxygens (including phenoxy) is 1. The van der Waals surface area contributed by atoms with Gasteiger partial charge >= 0.3 is 0 Å². The Kier molecular flexibility index (Phi) is 7.99. The summed E-state index contributed by atoms with van der Waals surface area (Å²) in [6, 6.07) is 11.6. The molecule has 8 heteroatoms. The first-order chi connectivity index (χ1) is 15.3. The van der Waals surface area contributed by atoms with Crippen molar-refractivity contribution in [3.05, 3.63) is 76.6 Å². The molecule has 0 saturated heterocycles. The molecule has 0 fully saturated rings. The molecule has 0 bridgehead atoms. The van der Waals surface area contributed by atoms with E-state index in [1.165, 1.54) is 11.8 Å². The molecule has 2 aromatic carbocycles.